The first-order valence-corrected chi connectivity index (χ1v) is 7.36. The summed E-state index contributed by atoms with van der Waals surface area (Å²) < 4.78 is 23.0. The summed E-state index contributed by atoms with van der Waals surface area (Å²) >= 11 is 0. The van der Waals surface area contributed by atoms with Crippen LogP contribution in [0.15, 0.2) is 21.9 Å². The molecular weight excluding hydrogens is 293 g/mol. The molecule has 0 radical (unpaired) electrons. The van der Waals surface area contributed by atoms with Gasteiger partial charge < -0.3 is 14.7 Å². The molecule has 0 saturated carbocycles. The molecule has 0 aliphatic carbocycles. The lowest BCUT2D eigenvalue weighted by Crippen LogP contribution is -2.40. The van der Waals surface area contributed by atoms with Gasteiger partial charge in [-0.25, -0.2) is 14.4 Å². The first kappa shape index (κ1) is 13.7. The maximum absolute atomic E-state index is 11.7. The van der Waals surface area contributed by atoms with Gasteiger partial charge in [0.25, 0.3) is 5.56 Å². The molecule has 1 aromatic heterocycles. The first-order chi connectivity index (χ1) is 9.41. The topological polar surface area (TPSA) is 143 Å². The minimum atomic E-state index is -3.98. The van der Waals surface area contributed by atoms with Crippen LogP contribution in [-0.2, 0) is 13.8 Å². The second kappa shape index (κ2) is 4.62. The Balaban J connectivity index is 2.00. The van der Waals surface area contributed by atoms with Gasteiger partial charge in [-0.15, -0.1) is 0 Å². The standard InChI is InChI=1S/C9H12N3O7P/c13-3-4-7-6(11-20(16,17)19-7)8(18-4)12-2-1-5(14)10-9(12)15/h1-2,4,6-8,13H,3H2,(H,10,14,15)(H2,11,16,17)/t4-,6-,7-,8-/m1/s1. The summed E-state index contributed by atoms with van der Waals surface area (Å²) in [6, 6.07) is 0.340. The van der Waals surface area contributed by atoms with Gasteiger partial charge in [-0.2, -0.15) is 0 Å². The van der Waals surface area contributed by atoms with E-state index in [2.05, 4.69) is 10.1 Å². The van der Waals surface area contributed by atoms with Crippen molar-refractivity contribution >= 4 is 7.75 Å². The van der Waals surface area contributed by atoms with E-state index in [1.165, 1.54) is 6.20 Å². The van der Waals surface area contributed by atoms with Gasteiger partial charge >= 0.3 is 13.4 Å². The van der Waals surface area contributed by atoms with Crippen LogP contribution in [0.2, 0.25) is 0 Å². The summed E-state index contributed by atoms with van der Waals surface area (Å²) in [6.45, 7) is -0.433. The van der Waals surface area contributed by atoms with Gasteiger partial charge in [0.1, 0.15) is 12.2 Å². The molecule has 5 atom stereocenters. The summed E-state index contributed by atoms with van der Waals surface area (Å²) in [5, 5.41) is 11.6. The fourth-order valence-corrected chi connectivity index (χ4v) is 3.71. The van der Waals surface area contributed by atoms with E-state index in [0.717, 1.165) is 10.6 Å². The van der Waals surface area contributed by atoms with Gasteiger partial charge in [-0.05, 0) is 0 Å². The molecule has 3 rings (SSSR count). The van der Waals surface area contributed by atoms with E-state index in [4.69, 9.17) is 9.26 Å². The van der Waals surface area contributed by atoms with Crippen molar-refractivity contribution in [3.8, 4) is 0 Å². The Labute approximate surface area is 111 Å². The molecule has 2 aliphatic heterocycles. The third-order valence-electron chi connectivity index (χ3n) is 3.22. The van der Waals surface area contributed by atoms with E-state index in [1.54, 1.807) is 0 Å². The highest BCUT2D eigenvalue weighted by atomic mass is 31.2. The first-order valence-electron chi connectivity index (χ1n) is 5.78. The van der Waals surface area contributed by atoms with Crippen molar-refractivity contribution in [3.05, 3.63) is 33.1 Å². The molecule has 0 bridgehead atoms. The summed E-state index contributed by atoms with van der Waals surface area (Å²) in [6.07, 6.45) is -1.46. The van der Waals surface area contributed by atoms with Crippen molar-refractivity contribution in [3.63, 3.8) is 0 Å². The number of aliphatic hydroxyl groups is 1. The van der Waals surface area contributed by atoms with Gasteiger partial charge in [0.15, 0.2) is 6.23 Å². The molecule has 2 fully saturated rings. The molecule has 4 N–H and O–H groups in total. The van der Waals surface area contributed by atoms with Crippen molar-refractivity contribution in [2.45, 2.75) is 24.5 Å². The van der Waals surface area contributed by atoms with E-state index in [0.29, 0.717) is 0 Å². The molecule has 0 aromatic carbocycles. The molecule has 20 heavy (non-hydrogen) atoms. The van der Waals surface area contributed by atoms with E-state index in [1.807, 2.05) is 0 Å². The number of ether oxygens (including phenoxy) is 1. The largest absolute Gasteiger partial charge is 0.403 e. The molecule has 0 spiro atoms. The SMILES string of the molecule is O=c1ccn([C@@H]2O[C@H](CO)[C@H]3OP(=O)(O)N[C@H]32)c(=O)[nH]1. The fourth-order valence-electron chi connectivity index (χ4n) is 2.40. The molecular formula is C9H12N3O7P. The highest BCUT2D eigenvalue weighted by Crippen LogP contribution is 2.52. The Morgan fingerprint density at radius 3 is 2.85 bits per heavy atom. The monoisotopic (exact) mass is 305 g/mol. The molecule has 110 valence electrons. The van der Waals surface area contributed by atoms with Crippen molar-refractivity contribution in [2.75, 3.05) is 6.61 Å². The Bertz CT molecular complexity index is 685. The average molecular weight is 305 g/mol. The number of aliphatic hydroxyl groups excluding tert-OH is 1. The van der Waals surface area contributed by atoms with Gasteiger partial charge in [-0.1, -0.05) is 0 Å². The molecule has 11 heteroatoms. The van der Waals surface area contributed by atoms with Crippen LogP contribution in [-0.4, -0.2) is 44.4 Å². The lowest BCUT2D eigenvalue weighted by atomic mass is 10.1. The number of nitrogens with zero attached hydrogens (tertiary/aromatic N) is 1. The molecule has 10 nitrogen and oxygen atoms in total. The van der Waals surface area contributed by atoms with E-state index >= 15 is 0 Å². The third kappa shape index (κ3) is 2.16. The van der Waals surface area contributed by atoms with Crippen molar-refractivity contribution in [2.24, 2.45) is 0 Å². The lowest BCUT2D eigenvalue weighted by Gasteiger charge is -2.19. The molecule has 1 unspecified atom stereocenters. The van der Waals surface area contributed by atoms with Crippen molar-refractivity contribution < 1.29 is 23.8 Å². The van der Waals surface area contributed by atoms with E-state index in [9.17, 15) is 24.2 Å². The lowest BCUT2D eigenvalue weighted by molar-refractivity contribution is -0.0475. The minimum Gasteiger partial charge on any atom is -0.394 e. The Kier molecular flexibility index (Phi) is 3.16. The van der Waals surface area contributed by atoms with E-state index in [-0.39, 0.29) is 0 Å². The third-order valence-corrected chi connectivity index (χ3v) is 4.38. The predicted molar refractivity (Wildman–Crippen MR) is 63.9 cm³/mol. The summed E-state index contributed by atoms with van der Waals surface area (Å²) in [4.78, 5) is 34.3. The number of aromatic amines is 1. The number of H-pyrrole nitrogens is 1. The normalized spacial score (nSPS) is 39.9. The van der Waals surface area contributed by atoms with Crippen LogP contribution in [0.25, 0.3) is 0 Å². The average Bonchev–Trinajstić information content (AvgIpc) is 2.83. The molecule has 2 saturated heterocycles. The Morgan fingerprint density at radius 1 is 1.45 bits per heavy atom. The van der Waals surface area contributed by atoms with Gasteiger partial charge in [0.2, 0.25) is 0 Å². The number of fused-ring (bicyclic) bond motifs is 1. The van der Waals surface area contributed by atoms with E-state index < -0.39 is 50.1 Å². The zero-order valence-electron chi connectivity index (χ0n) is 10.0. The smallest absolute Gasteiger partial charge is 0.394 e. The zero-order valence-corrected chi connectivity index (χ0v) is 10.9. The van der Waals surface area contributed by atoms with Crippen LogP contribution < -0.4 is 16.3 Å². The molecule has 3 heterocycles. The fraction of sp³-hybridized carbons (Fsp3) is 0.556. The number of nitrogens with one attached hydrogen (secondary N) is 2. The minimum absolute atomic E-state index is 0.433. The number of rotatable bonds is 2. The summed E-state index contributed by atoms with van der Waals surface area (Å²) in [7, 11) is -3.98. The van der Waals surface area contributed by atoms with Crippen LogP contribution >= 0.6 is 7.75 Å². The Hall–Kier alpha value is -1.29. The van der Waals surface area contributed by atoms with Crippen LogP contribution in [0.3, 0.4) is 0 Å². The Morgan fingerprint density at radius 2 is 2.20 bits per heavy atom. The number of hydrogen-bond donors (Lipinski definition) is 4. The van der Waals surface area contributed by atoms with Crippen molar-refractivity contribution in [1.29, 1.82) is 0 Å². The van der Waals surface area contributed by atoms with Crippen LogP contribution in [0.1, 0.15) is 6.23 Å². The zero-order chi connectivity index (χ0) is 14.5. The maximum atomic E-state index is 11.7. The molecule has 2 aliphatic rings. The second-order valence-electron chi connectivity index (χ2n) is 4.51. The van der Waals surface area contributed by atoms with Crippen molar-refractivity contribution in [1.82, 2.24) is 14.6 Å². The van der Waals surface area contributed by atoms with Gasteiger partial charge in [0, 0.05) is 12.3 Å². The van der Waals surface area contributed by atoms with Crippen LogP contribution in [0.5, 0.6) is 0 Å². The van der Waals surface area contributed by atoms with Gasteiger partial charge in [0.05, 0.1) is 12.6 Å². The second-order valence-corrected chi connectivity index (χ2v) is 6.02. The highest BCUT2D eigenvalue weighted by Gasteiger charge is 2.55. The van der Waals surface area contributed by atoms with Crippen LogP contribution in [0.4, 0.5) is 0 Å². The summed E-state index contributed by atoms with van der Waals surface area (Å²) in [5.41, 5.74) is -1.29. The maximum Gasteiger partial charge on any atom is 0.403 e. The van der Waals surface area contributed by atoms with Gasteiger partial charge in [-0.3, -0.25) is 18.9 Å². The molecule has 1 aromatic rings. The molecule has 0 amide bonds. The number of hydrogen-bond acceptors (Lipinski definition) is 6. The van der Waals surface area contributed by atoms with Crippen LogP contribution in [0, 0.1) is 0 Å². The summed E-state index contributed by atoms with van der Waals surface area (Å²) in [5.74, 6) is 0. The highest BCUT2D eigenvalue weighted by molar-refractivity contribution is 7.50. The quantitative estimate of drug-likeness (QED) is 0.454. The predicted octanol–water partition coefficient (Wildman–Crippen LogP) is -2.12. The number of aromatic nitrogens is 2.